The van der Waals surface area contributed by atoms with Crippen LogP contribution in [0.15, 0.2) is 30.3 Å². The smallest absolute Gasteiger partial charge is 0.0257 e. The van der Waals surface area contributed by atoms with Gasteiger partial charge < -0.3 is 0 Å². The van der Waals surface area contributed by atoms with Crippen molar-refractivity contribution in [3.05, 3.63) is 35.9 Å². The molecule has 0 saturated carbocycles. The third kappa shape index (κ3) is 9.69. The molecule has 0 aliphatic carbocycles. The van der Waals surface area contributed by atoms with Gasteiger partial charge in [0.05, 0.1) is 0 Å². The normalized spacial score (nSPS) is 14.0. The van der Waals surface area contributed by atoms with Crippen LogP contribution in [-0.2, 0) is 0 Å². The SMILES string of the molecule is CCCCCCCCCCCCC(CCl)C(c1ccccc1)C(C)C. The molecule has 0 bridgehead atoms. The summed E-state index contributed by atoms with van der Waals surface area (Å²) in [5, 5.41) is 0. The Bertz CT molecular complexity index is 398. The van der Waals surface area contributed by atoms with E-state index in [2.05, 4.69) is 51.1 Å². The first-order valence-corrected chi connectivity index (χ1v) is 11.3. The van der Waals surface area contributed by atoms with Crippen molar-refractivity contribution in [3.8, 4) is 0 Å². The second-order valence-corrected chi connectivity index (χ2v) is 8.37. The van der Waals surface area contributed by atoms with Crippen LogP contribution in [0.5, 0.6) is 0 Å². The van der Waals surface area contributed by atoms with Gasteiger partial charge in [-0.05, 0) is 29.7 Å². The lowest BCUT2D eigenvalue weighted by atomic mass is 9.77. The van der Waals surface area contributed by atoms with Crippen LogP contribution < -0.4 is 0 Å². The summed E-state index contributed by atoms with van der Waals surface area (Å²) in [6, 6.07) is 11.0. The molecule has 0 N–H and O–H groups in total. The molecule has 0 radical (unpaired) electrons. The molecule has 0 heterocycles. The van der Waals surface area contributed by atoms with Gasteiger partial charge in [-0.1, -0.05) is 115 Å². The summed E-state index contributed by atoms with van der Waals surface area (Å²) in [6.45, 7) is 6.97. The standard InChI is InChI=1S/C24H41Cl/c1-4-5-6-7-8-9-10-11-12-14-19-23(20-25)24(21(2)3)22-17-15-13-16-18-22/h13,15-18,21,23-24H,4-12,14,19-20H2,1-3H3. The lowest BCUT2D eigenvalue weighted by Crippen LogP contribution is -2.20. The number of rotatable bonds is 15. The van der Waals surface area contributed by atoms with Crippen molar-refractivity contribution in [1.29, 1.82) is 0 Å². The van der Waals surface area contributed by atoms with Crippen LogP contribution in [0.3, 0.4) is 0 Å². The Labute approximate surface area is 162 Å². The van der Waals surface area contributed by atoms with E-state index in [1.165, 1.54) is 76.2 Å². The first-order chi connectivity index (χ1) is 12.2. The number of benzene rings is 1. The van der Waals surface area contributed by atoms with Gasteiger partial charge in [0.1, 0.15) is 0 Å². The Balaban J connectivity index is 2.24. The number of hydrogen-bond acceptors (Lipinski definition) is 0. The Morgan fingerprint density at radius 3 is 1.76 bits per heavy atom. The van der Waals surface area contributed by atoms with Gasteiger partial charge in [-0.3, -0.25) is 0 Å². The second kappa shape index (κ2) is 14.7. The molecule has 0 aliphatic heterocycles. The van der Waals surface area contributed by atoms with Gasteiger partial charge in [-0.2, -0.15) is 0 Å². The maximum Gasteiger partial charge on any atom is 0.0257 e. The van der Waals surface area contributed by atoms with Crippen LogP contribution >= 0.6 is 11.6 Å². The summed E-state index contributed by atoms with van der Waals surface area (Å²) < 4.78 is 0. The monoisotopic (exact) mass is 364 g/mol. The number of halogens is 1. The molecule has 144 valence electrons. The Hall–Kier alpha value is -0.490. The van der Waals surface area contributed by atoms with Gasteiger partial charge in [-0.15, -0.1) is 11.6 Å². The van der Waals surface area contributed by atoms with Gasteiger partial charge in [-0.25, -0.2) is 0 Å². The molecule has 0 amide bonds. The van der Waals surface area contributed by atoms with Crippen molar-refractivity contribution in [3.63, 3.8) is 0 Å². The highest BCUT2D eigenvalue weighted by atomic mass is 35.5. The third-order valence-corrected chi connectivity index (χ3v) is 5.93. The van der Waals surface area contributed by atoms with Crippen molar-refractivity contribution in [2.24, 2.45) is 11.8 Å². The van der Waals surface area contributed by atoms with Gasteiger partial charge in [0.2, 0.25) is 0 Å². The summed E-state index contributed by atoms with van der Waals surface area (Å²) in [5.41, 5.74) is 1.47. The van der Waals surface area contributed by atoms with Crippen molar-refractivity contribution in [1.82, 2.24) is 0 Å². The molecule has 2 atom stereocenters. The lowest BCUT2D eigenvalue weighted by Gasteiger charge is -2.29. The van der Waals surface area contributed by atoms with Crippen molar-refractivity contribution >= 4 is 11.6 Å². The molecule has 1 aromatic rings. The largest absolute Gasteiger partial charge is 0.126 e. The van der Waals surface area contributed by atoms with E-state index in [1.54, 1.807) is 0 Å². The molecule has 25 heavy (non-hydrogen) atoms. The van der Waals surface area contributed by atoms with E-state index in [1.807, 2.05) is 0 Å². The molecule has 0 spiro atoms. The maximum absolute atomic E-state index is 6.38. The highest BCUT2D eigenvalue weighted by molar-refractivity contribution is 6.18. The highest BCUT2D eigenvalue weighted by Gasteiger charge is 2.25. The average Bonchev–Trinajstić information content (AvgIpc) is 2.62. The Morgan fingerprint density at radius 1 is 0.760 bits per heavy atom. The van der Waals surface area contributed by atoms with Crippen molar-refractivity contribution < 1.29 is 0 Å². The minimum Gasteiger partial charge on any atom is -0.126 e. The van der Waals surface area contributed by atoms with E-state index in [0.717, 1.165) is 5.88 Å². The predicted molar refractivity (Wildman–Crippen MR) is 115 cm³/mol. The number of hydrogen-bond donors (Lipinski definition) is 0. The predicted octanol–water partition coefficient (Wildman–Crippen LogP) is 8.59. The van der Waals surface area contributed by atoms with E-state index >= 15 is 0 Å². The summed E-state index contributed by atoms with van der Waals surface area (Å²) >= 11 is 6.38. The van der Waals surface area contributed by atoms with E-state index in [4.69, 9.17) is 11.6 Å². The van der Waals surface area contributed by atoms with E-state index in [0.29, 0.717) is 17.8 Å². The Kier molecular flexibility index (Phi) is 13.2. The zero-order chi connectivity index (χ0) is 18.3. The van der Waals surface area contributed by atoms with Crippen LogP contribution in [0.1, 0.15) is 103 Å². The van der Waals surface area contributed by atoms with Crippen LogP contribution in [-0.4, -0.2) is 5.88 Å². The topological polar surface area (TPSA) is 0 Å². The van der Waals surface area contributed by atoms with Crippen LogP contribution in [0.25, 0.3) is 0 Å². The second-order valence-electron chi connectivity index (χ2n) is 8.07. The van der Waals surface area contributed by atoms with Gasteiger partial charge in [0, 0.05) is 5.88 Å². The maximum atomic E-state index is 6.38. The molecule has 0 aromatic heterocycles. The fourth-order valence-electron chi connectivity index (χ4n) is 4.12. The lowest BCUT2D eigenvalue weighted by molar-refractivity contribution is 0.339. The molecule has 0 aliphatic rings. The Morgan fingerprint density at radius 2 is 1.28 bits per heavy atom. The summed E-state index contributed by atoms with van der Waals surface area (Å²) in [5.74, 6) is 2.64. The molecular weight excluding hydrogens is 324 g/mol. The summed E-state index contributed by atoms with van der Waals surface area (Å²) in [6.07, 6.45) is 15.3. The molecule has 1 rings (SSSR count). The first-order valence-electron chi connectivity index (χ1n) is 10.8. The van der Waals surface area contributed by atoms with Crippen molar-refractivity contribution in [2.45, 2.75) is 97.3 Å². The van der Waals surface area contributed by atoms with Crippen LogP contribution in [0.2, 0.25) is 0 Å². The van der Waals surface area contributed by atoms with Crippen molar-refractivity contribution in [2.75, 3.05) is 5.88 Å². The molecular formula is C24H41Cl. The van der Waals surface area contributed by atoms with Gasteiger partial charge in [0.15, 0.2) is 0 Å². The fourth-order valence-corrected chi connectivity index (χ4v) is 4.47. The molecule has 1 aromatic carbocycles. The van der Waals surface area contributed by atoms with E-state index in [9.17, 15) is 0 Å². The van der Waals surface area contributed by atoms with Gasteiger partial charge >= 0.3 is 0 Å². The summed E-state index contributed by atoms with van der Waals surface area (Å²) in [7, 11) is 0. The number of alkyl halides is 1. The quantitative estimate of drug-likeness (QED) is 0.216. The molecule has 2 unspecified atom stereocenters. The number of unbranched alkanes of at least 4 members (excludes halogenated alkanes) is 9. The third-order valence-electron chi connectivity index (χ3n) is 5.54. The highest BCUT2D eigenvalue weighted by Crippen LogP contribution is 2.36. The molecule has 0 fully saturated rings. The summed E-state index contributed by atoms with van der Waals surface area (Å²) in [4.78, 5) is 0. The minimum atomic E-state index is 0.595. The fraction of sp³-hybridized carbons (Fsp3) is 0.750. The molecule has 1 heteroatoms. The van der Waals surface area contributed by atoms with Gasteiger partial charge in [0.25, 0.3) is 0 Å². The molecule has 0 saturated heterocycles. The molecule has 0 nitrogen and oxygen atoms in total. The zero-order valence-corrected chi connectivity index (χ0v) is 17.7. The first kappa shape index (κ1) is 22.6. The van der Waals surface area contributed by atoms with Crippen LogP contribution in [0.4, 0.5) is 0 Å². The van der Waals surface area contributed by atoms with Crippen LogP contribution in [0, 0.1) is 11.8 Å². The average molecular weight is 365 g/mol. The zero-order valence-electron chi connectivity index (χ0n) is 17.0. The van der Waals surface area contributed by atoms with E-state index in [-0.39, 0.29) is 0 Å². The van der Waals surface area contributed by atoms with E-state index < -0.39 is 0 Å². The minimum absolute atomic E-state index is 0.595.